The van der Waals surface area contributed by atoms with Crippen molar-refractivity contribution in [3.05, 3.63) is 17.5 Å². The second-order valence-electron chi connectivity index (χ2n) is 4.91. The Hall–Kier alpha value is -1.40. The summed E-state index contributed by atoms with van der Waals surface area (Å²) in [6.07, 6.45) is 2.27. The van der Waals surface area contributed by atoms with E-state index in [1.165, 1.54) is 0 Å². The van der Waals surface area contributed by atoms with Crippen LogP contribution in [0.2, 0.25) is 0 Å². The zero-order chi connectivity index (χ0) is 13.7. The number of hydrogen-bond acceptors (Lipinski definition) is 4. The Kier molecular flexibility index (Phi) is 4.93. The predicted octanol–water partition coefficient (Wildman–Crippen LogP) is 0.725. The van der Waals surface area contributed by atoms with Gasteiger partial charge in [0.15, 0.2) is 0 Å². The molecule has 0 aliphatic carbocycles. The topological polar surface area (TPSA) is 84.2 Å². The van der Waals surface area contributed by atoms with Crippen molar-refractivity contribution >= 4 is 5.91 Å². The van der Waals surface area contributed by atoms with E-state index in [-0.39, 0.29) is 0 Å². The summed E-state index contributed by atoms with van der Waals surface area (Å²) in [5.74, 6) is -0.0810. The minimum absolute atomic E-state index is 0.321. The van der Waals surface area contributed by atoms with Crippen LogP contribution in [0, 0.1) is 0 Å². The van der Waals surface area contributed by atoms with Gasteiger partial charge >= 0.3 is 0 Å². The number of nitrogens with two attached hydrogens (primary N) is 1. The molecule has 2 heterocycles. The maximum Gasteiger partial charge on any atom is 0.269 e. The van der Waals surface area contributed by atoms with Gasteiger partial charge in [0.05, 0.1) is 6.61 Å². The van der Waals surface area contributed by atoms with Crippen molar-refractivity contribution in [1.29, 1.82) is 0 Å². The van der Waals surface area contributed by atoms with Gasteiger partial charge in [-0.05, 0) is 32.4 Å². The first-order valence-corrected chi connectivity index (χ1v) is 6.86. The van der Waals surface area contributed by atoms with Crippen molar-refractivity contribution in [3.8, 4) is 0 Å². The number of carbonyl (C=O) groups is 1. The van der Waals surface area contributed by atoms with Crippen molar-refractivity contribution in [2.24, 2.45) is 5.73 Å². The van der Waals surface area contributed by atoms with Crippen LogP contribution >= 0.6 is 0 Å². The Morgan fingerprint density at radius 1 is 1.68 bits per heavy atom. The lowest BCUT2D eigenvalue weighted by Gasteiger charge is -2.31. The highest BCUT2D eigenvalue weighted by molar-refractivity contribution is 5.90. The number of H-pyrrole nitrogens is 1. The minimum atomic E-state index is -0.480. The highest BCUT2D eigenvalue weighted by atomic mass is 16.5. The highest BCUT2D eigenvalue weighted by Gasteiger charge is 2.23. The summed E-state index contributed by atoms with van der Waals surface area (Å²) in [6, 6.07) is 1.78. The number of ether oxygens (including phenoxy) is 1. The summed E-state index contributed by atoms with van der Waals surface area (Å²) in [6.45, 7) is 6.60. The number of likely N-dealkylation sites (tertiary alicyclic amines) is 1. The van der Waals surface area contributed by atoms with Crippen LogP contribution in [0.1, 0.15) is 41.9 Å². The van der Waals surface area contributed by atoms with Gasteiger partial charge in [-0.2, -0.15) is 5.10 Å². The van der Waals surface area contributed by atoms with Gasteiger partial charge in [0.25, 0.3) is 5.91 Å². The van der Waals surface area contributed by atoms with E-state index in [9.17, 15) is 4.79 Å². The van der Waals surface area contributed by atoms with Gasteiger partial charge in [-0.15, -0.1) is 0 Å². The molecule has 1 aromatic heterocycles. The Morgan fingerprint density at radius 3 is 3.21 bits per heavy atom. The first kappa shape index (κ1) is 14.0. The van der Waals surface area contributed by atoms with Crippen molar-refractivity contribution in [3.63, 3.8) is 0 Å². The molecular weight excluding hydrogens is 244 g/mol. The molecule has 0 aromatic carbocycles. The van der Waals surface area contributed by atoms with Gasteiger partial charge in [-0.25, -0.2) is 0 Å². The van der Waals surface area contributed by atoms with Crippen LogP contribution in [0.5, 0.6) is 0 Å². The maximum atomic E-state index is 11.0. The molecule has 106 valence electrons. The van der Waals surface area contributed by atoms with Crippen LogP contribution in [0.25, 0.3) is 0 Å². The molecule has 6 nitrogen and oxygen atoms in total. The molecule has 0 spiro atoms. The number of amides is 1. The highest BCUT2D eigenvalue weighted by Crippen LogP contribution is 2.25. The molecule has 1 aliphatic rings. The van der Waals surface area contributed by atoms with E-state index in [1.807, 2.05) is 6.92 Å². The fraction of sp³-hybridized carbons (Fsp3) is 0.692. The van der Waals surface area contributed by atoms with Gasteiger partial charge in [-0.1, -0.05) is 0 Å². The number of carbonyl (C=O) groups excluding carboxylic acids is 1. The van der Waals surface area contributed by atoms with Gasteiger partial charge in [0, 0.05) is 31.3 Å². The SMILES string of the molecule is CCOCCN1CCC[C@@H](c2cc(C(N)=O)n[nH]2)C1. The normalized spacial score (nSPS) is 20.6. The molecule has 1 saturated heterocycles. The van der Waals surface area contributed by atoms with Gasteiger partial charge in [0.2, 0.25) is 0 Å². The molecule has 19 heavy (non-hydrogen) atoms. The number of piperidine rings is 1. The summed E-state index contributed by atoms with van der Waals surface area (Å²) in [4.78, 5) is 13.4. The van der Waals surface area contributed by atoms with E-state index in [4.69, 9.17) is 10.5 Å². The molecule has 0 bridgehead atoms. The van der Waals surface area contributed by atoms with E-state index in [0.29, 0.717) is 11.6 Å². The van der Waals surface area contributed by atoms with E-state index in [2.05, 4.69) is 15.1 Å². The molecule has 1 atom stereocenters. The number of aromatic amines is 1. The molecular formula is C13H22N4O2. The molecule has 1 aliphatic heterocycles. The number of primary amides is 1. The third-order valence-electron chi connectivity index (χ3n) is 3.55. The van der Waals surface area contributed by atoms with Crippen LogP contribution in [-0.2, 0) is 4.74 Å². The molecule has 6 heteroatoms. The monoisotopic (exact) mass is 266 g/mol. The minimum Gasteiger partial charge on any atom is -0.380 e. The zero-order valence-corrected chi connectivity index (χ0v) is 11.4. The van der Waals surface area contributed by atoms with E-state index < -0.39 is 5.91 Å². The van der Waals surface area contributed by atoms with Crippen molar-refractivity contribution in [2.45, 2.75) is 25.7 Å². The fourth-order valence-electron chi connectivity index (χ4n) is 2.52. The number of rotatable bonds is 6. The van der Waals surface area contributed by atoms with Crippen LogP contribution in [0.15, 0.2) is 6.07 Å². The van der Waals surface area contributed by atoms with Crippen LogP contribution in [0.3, 0.4) is 0 Å². The van der Waals surface area contributed by atoms with Crippen LogP contribution < -0.4 is 5.73 Å². The van der Waals surface area contributed by atoms with Gasteiger partial charge in [-0.3, -0.25) is 9.89 Å². The van der Waals surface area contributed by atoms with E-state index >= 15 is 0 Å². The standard InChI is InChI=1S/C13H22N4O2/c1-2-19-7-6-17-5-3-4-10(9-17)11-8-12(13(14)18)16-15-11/h8,10H,2-7,9H2,1H3,(H2,14,18)(H,15,16)/t10-/m1/s1. The average molecular weight is 266 g/mol. The van der Waals surface area contributed by atoms with Crippen molar-refractivity contribution in [1.82, 2.24) is 15.1 Å². The van der Waals surface area contributed by atoms with Crippen molar-refractivity contribution in [2.75, 3.05) is 32.8 Å². The number of aromatic nitrogens is 2. The number of nitrogens with zero attached hydrogens (tertiary/aromatic N) is 2. The molecule has 3 N–H and O–H groups in total. The molecule has 0 unspecified atom stereocenters. The summed E-state index contributed by atoms with van der Waals surface area (Å²) in [7, 11) is 0. The van der Waals surface area contributed by atoms with Crippen LogP contribution in [0.4, 0.5) is 0 Å². The fourth-order valence-corrected chi connectivity index (χ4v) is 2.52. The van der Waals surface area contributed by atoms with E-state index in [0.717, 1.165) is 51.4 Å². The second-order valence-corrected chi connectivity index (χ2v) is 4.91. The molecule has 1 aromatic rings. The Labute approximate surface area is 113 Å². The smallest absolute Gasteiger partial charge is 0.269 e. The molecule has 0 saturated carbocycles. The second kappa shape index (κ2) is 6.68. The lowest BCUT2D eigenvalue weighted by Crippen LogP contribution is -2.36. The quantitative estimate of drug-likeness (QED) is 0.743. The van der Waals surface area contributed by atoms with Gasteiger partial charge < -0.3 is 15.4 Å². The van der Waals surface area contributed by atoms with Crippen molar-refractivity contribution < 1.29 is 9.53 Å². The number of nitrogens with one attached hydrogen (secondary N) is 1. The lowest BCUT2D eigenvalue weighted by atomic mass is 9.94. The Morgan fingerprint density at radius 2 is 2.53 bits per heavy atom. The zero-order valence-electron chi connectivity index (χ0n) is 11.4. The molecule has 1 fully saturated rings. The third-order valence-corrected chi connectivity index (χ3v) is 3.55. The molecule has 2 rings (SSSR count). The molecule has 1 amide bonds. The third kappa shape index (κ3) is 3.78. The average Bonchev–Trinajstić information content (AvgIpc) is 2.89. The largest absolute Gasteiger partial charge is 0.380 e. The lowest BCUT2D eigenvalue weighted by molar-refractivity contribution is 0.0995. The first-order valence-electron chi connectivity index (χ1n) is 6.86. The summed E-state index contributed by atoms with van der Waals surface area (Å²) in [5.41, 5.74) is 6.55. The first-order chi connectivity index (χ1) is 9.20. The molecule has 0 radical (unpaired) electrons. The van der Waals surface area contributed by atoms with Crippen LogP contribution in [-0.4, -0.2) is 53.9 Å². The van der Waals surface area contributed by atoms with E-state index in [1.54, 1.807) is 6.07 Å². The Bertz CT molecular complexity index is 419. The predicted molar refractivity (Wildman–Crippen MR) is 72.0 cm³/mol. The number of hydrogen-bond donors (Lipinski definition) is 2. The Balaban J connectivity index is 1.90. The summed E-state index contributed by atoms with van der Waals surface area (Å²) < 4.78 is 5.39. The van der Waals surface area contributed by atoms with Gasteiger partial charge in [0.1, 0.15) is 5.69 Å². The summed E-state index contributed by atoms with van der Waals surface area (Å²) >= 11 is 0. The maximum absolute atomic E-state index is 11.0. The summed E-state index contributed by atoms with van der Waals surface area (Å²) in [5, 5.41) is 6.88.